The van der Waals surface area contributed by atoms with Crippen LogP contribution < -0.4 is 0 Å². The van der Waals surface area contributed by atoms with Crippen molar-refractivity contribution in [2.45, 2.75) is 0 Å². The van der Waals surface area contributed by atoms with Gasteiger partial charge in [-0.25, -0.2) is 0 Å². The molecule has 0 aliphatic rings. The fraction of sp³-hybridized carbons (Fsp3) is 0. The minimum Gasteiger partial charge on any atom is -0.288 e. The van der Waals surface area contributed by atoms with E-state index >= 15 is 0 Å². The molecule has 2 aromatic rings. The summed E-state index contributed by atoms with van der Waals surface area (Å²) in [5.41, 5.74) is 8.05. The summed E-state index contributed by atoms with van der Waals surface area (Å²) in [6.07, 6.45) is 2.92. The van der Waals surface area contributed by atoms with Gasteiger partial charge in [0.1, 0.15) is 0 Å². The minimum absolute atomic E-state index is 0.583. The molecule has 1 aromatic heterocycles. The number of fused-ring (bicyclic) bond motifs is 1. The highest BCUT2D eigenvalue weighted by molar-refractivity contribution is 7.19. The van der Waals surface area contributed by atoms with Crippen molar-refractivity contribution in [1.29, 1.82) is 0 Å². The van der Waals surface area contributed by atoms with Gasteiger partial charge < -0.3 is 0 Å². The van der Waals surface area contributed by atoms with Gasteiger partial charge in [-0.05, 0) is 40.3 Å². The molecule has 0 saturated heterocycles. The second-order valence-corrected chi connectivity index (χ2v) is 4.16. The van der Waals surface area contributed by atoms with Crippen molar-refractivity contribution >= 4 is 33.4 Å². The Morgan fingerprint density at radius 1 is 1.44 bits per heavy atom. The summed E-state index contributed by atoms with van der Waals surface area (Å²) in [4.78, 5) is 14.3. The fourth-order valence-electron chi connectivity index (χ4n) is 1.32. The van der Waals surface area contributed by atoms with Crippen LogP contribution in [0.1, 0.15) is 4.88 Å². The summed E-state index contributed by atoms with van der Waals surface area (Å²) in [6, 6.07) is 9.95. The van der Waals surface area contributed by atoms with Gasteiger partial charge in [0.2, 0.25) is 5.91 Å². The second-order valence-electron chi connectivity index (χ2n) is 3.05. The van der Waals surface area contributed by atoms with Gasteiger partial charge in [0.05, 0.1) is 0 Å². The molecule has 1 aromatic carbocycles. The predicted octanol–water partition coefficient (Wildman–Crippen LogP) is 3.75. The molecule has 0 unspecified atom stereocenters. The molecule has 0 fully saturated rings. The van der Waals surface area contributed by atoms with E-state index in [0.717, 1.165) is 10.3 Å². The zero-order valence-electron chi connectivity index (χ0n) is 8.20. The smallest absolute Gasteiger partial charge is 0.242 e. The number of nitrogens with zero attached hydrogens (tertiary/aromatic N) is 3. The van der Waals surface area contributed by atoms with Crippen LogP contribution in [0.3, 0.4) is 0 Å². The van der Waals surface area contributed by atoms with Crippen molar-refractivity contribution in [1.82, 2.24) is 0 Å². The quantitative estimate of drug-likeness (QED) is 0.334. The van der Waals surface area contributed by atoms with Gasteiger partial charge in [-0.3, -0.25) is 4.79 Å². The lowest BCUT2D eigenvalue weighted by atomic mass is 10.2. The van der Waals surface area contributed by atoms with E-state index in [1.165, 1.54) is 10.8 Å². The first-order valence-electron chi connectivity index (χ1n) is 4.55. The maximum Gasteiger partial charge on any atom is 0.242 e. The summed E-state index contributed by atoms with van der Waals surface area (Å²) >= 11 is 1.58. The van der Waals surface area contributed by atoms with Crippen LogP contribution in [0.5, 0.6) is 0 Å². The Kier molecular flexibility index (Phi) is 3.00. The second kappa shape index (κ2) is 4.61. The largest absolute Gasteiger partial charge is 0.288 e. The molecule has 0 aliphatic carbocycles. The van der Waals surface area contributed by atoms with Crippen molar-refractivity contribution in [2.75, 3.05) is 0 Å². The lowest BCUT2D eigenvalue weighted by Crippen LogP contribution is -1.80. The average Bonchev–Trinajstić information content (AvgIpc) is 2.69. The molecule has 1 heterocycles. The minimum atomic E-state index is -0.583. The first kappa shape index (κ1) is 10.4. The SMILES string of the molecule is [N-]=[N+]=NC(=O)/C=C/c1cc2ccccc2s1. The highest BCUT2D eigenvalue weighted by Crippen LogP contribution is 2.25. The Hall–Kier alpha value is -2.10. The van der Waals surface area contributed by atoms with Crippen LogP contribution in [0.4, 0.5) is 0 Å². The third-order valence-corrected chi connectivity index (χ3v) is 3.06. The molecule has 16 heavy (non-hydrogen) atoms. The van der Waals surface area contributed by atoms with Crippen LogP contribution in [0.25, 0.3) is 26.6 Å². The summed E-state index contributed by atoms with van der Waals surface area (Å²) in [5, 5.41) is 4.10. The predicted molar refractivity (Wildman–Crippen MR) is 65.0 cm³/mol. The number of rotatable bonds is 2. The normalized spacial score (nSPS) is 10.5. The standard InChI is InChI=1S/C11H7N3OS/c12-14-13-11(15)6-5-9-7-8-3-1-2-4-10(8)16-9/h1-7H/b6-5+. The molecule has 78 valence electrons. The maximum atomic E-state index is 10.9. The summed E-state index contributed by atoms with van der Waals surface area (Å²) in [7, 11) is 0. The van der Waals surface area contributed by atoms with Gasteiger partial charge in [-0.15, -0.1) is 11.3 Å². The van der Waals surface area contributed by atoms with Crippen LogP contribution >= 0.6 is 11.3 Å². The molecule has 4 nitrogen and oxygen atoms in total. The molecule has 0 spiro atoms. The van der Waals surface area contributed by atoms with Crippen molar-refractivity contribution < 1.29 is 4.79 Å². The van der Waals surface area contributed by atoms with E-state index in [-0.39, 0.29) is 0 Å². The zero-order chi connectivity index (χ0) is 11.4. The first-order chi connectivity index (χ1) is 7.79. The zero-order valence-corrected chi connectivity index (χ0v) is 9.02. The molecule has 0 bridgehead atoms. The van der Waals surface area contributed by atoms with Crippen LogP contribution in [-0.4, -0.2) is 5.91 Å². The van der Waals surface area contributed by atoms with E-state index < -0.39 is 5.91 Å². The lowest BCUT2D eigenvalue weighted by molar-refractivity contribution is -0.113. The molecule has 2 rings (SSSR count). The molecule has 0 N–H and O–H groups in total. The average molecular weight is 229 g/mol. The van der Waals surface area contributed by atoms with Crippen LogP contribution in [-0.2, 0) is 4.79 Å². The van der Waals surface area contributed by atoms with Gasteiger partial charge >= 0.3 is 0 Å². The van der Waals surface area contributed by atoms with E-state index in [9.17, 15) is 4.79 Å². The van der Waals surface area contributed by atoms with Gasteiger partial charge in [0.25, 0.3) is 0 Å². The van der Waals surface area contributed by atoms with Gasteiger partial charge in [0, 0.05) is 14.5 Å². The first-order valence-corrected chi connectivity index (χ1v) is 5.37. The van der Waals surface area contributed by atoms with E-state index in [0.29, 0.717) is 0 Å². The highest BCUT2D eigenvalue weighted by atomic mass is 32.1. The Bertz CT molecular complexity index is 575. The summed E-state index contributed by atoms with van der Waals surface area (Å²) in [6.45, 7) is 0. The third kappa shape index (κ3) is 2.28. The molecular formula is C11H7N3OS. The van der Waals surface area contributed by atoms with Crippen LogP contribution in [0, 0.1) is 0 Å². The number of amides is 1. The van der Waals surface area contributed by atoms with Crippen molar-refractivity contribution in [3.05, 3.63) is 51.7 Å². The molecule has 0 aliphatic heterocycles. The molecule has 5 heteroatoms. The van der Waals surface area contributed by atoms with Gasteiger partial charge in [0.15, 0.2) is 0 Å². The van der Waals surface area contributed by atoms with E-state index in [4.69, 9.17) is 5.53 Å². The van der Waals surface area contributed by atoms with Gasteiger partial charge in [-0.2, -0.15) is 0 Å². The molecule has 1 amide bonds. The molecule has 0 saturated carbocycles. The molecule has 0 radical (unpaired) electrons. The summed E-state index contributed by atoms with van der Waals surface area (Å²) in [5.74, 6) is -0.583. The van der Waals surface area contributed by atoms with Crippen LogP contribution in [0.15, 0.2) is 41.5 Å². The third-order valence-electron chi connectivity index (χ3n) is 1.98. The van der Waals surface area contributed by atoms with Gasteiger partial charge in [-0.1, -0.05) is 18.2 Å². The van der Waals surface area contributed by atoms with Crippen LogP contribution in [0.2, 0.25) is 0 Å². The fourth-order valence-corrected chi connectivity index (χ4v) is 2.28. The summed E-state index contributed by atoms with van der Waals surface area (Å²) < 4.78 is 1.17. The number of azide groups is 1. The monoisotopic (exact) mass is 229 g/mol. The maximum absolute atomic E-state index is 10.9. The molecule has 0 atom stereocenters. The number of thiophene rings is 1. The van der Waals surface area contributed by atoms with Crippen molar-refractivity contribution in [3.63, 3.8) is 0 Å². The highest BCUT2D eigenvalue weighted by Gasteiger charge is 1.98. The Balaban J connectivity index is 2.28. The van der Waals surface area contributed by atoms with Crippen molar-refractivity contribution in [2.24, 2.45) is 5.11 Å². The Morgan fingerprint density at radius 3 is 3.00 bits per heavy atom. The lowest BCUT2D eigenvalue weighted by Gasteiger charge is -1.82. The number of carbonyl (C=O) groups excluding carboxylic acids is 1. The number of carbonyl (C=O) groups is 1. The molecular weight excluding hydrogens is 222 g/mol. The number of benzene rings is 1. The van der Waals surface area contributed by atoms with E-state index in [1.54, 1.807) is 17.4 Å². The number of hydrogen-bond acceptors (Lipinski definition) is 2. The Morgan fingerprint density at radius 2 is 2.25 bits per heavy atom. The van der Waals surface area contributed by atoms with E-state index in [1.807, 2.05) is 30.3 Å². The van der Waals surface area contributed by atoms with Crippen molar-refractivity contribution in [3.8, 4) is 0 Å². The van der Waals surface area contributed by atoms with E-state index in [2.05, 4.69) is 10.0 Å². The Labute approximate surface area is 95.5 Å². The topological polar surface area (TPSA) is 65.8 Å². The number of hydrogen-bond donors (Lipinski definition) is 0.